The smallest absolute Gasteiger partial charge is 0.416 e. The lowest BCUT2D eigenvalue weighted by Gasteiger charge is -2.26. The fourth-order valence-electron chi connectivity index (χ4n) is 3.76. The second-order valence-electron chi connectivity index (χ2n) is 8.01. The standard InChI is InChI=1S/C24H24ClF3N4O3/c1-31-22(20(25)15-29-31)19-14-18(6-7-21(19)35-13-10-32-8-11-34-12-9-32)30-23(33)16-2-4-17(5-3-16)24(26,27)28/h2-7,14-15H,8-13H2,1H3,(H,30,33). The third kappa shape index (κ3) is 6.14. The van der Waals surface area contributed by atoms with Crippen LogP contribution in [0.3, 0.4) is 0 Å². The molecule has 35 heavy (non-hydrogen) atoms. The Bertz CT molecular complexity index is 1160. The molecule has 1 N–H and O–H groups in total. The predicted octanol–water partition coefficient (Wildman–Crippen LogP) is 4.72. The molecule has 3 aromatic rings. The number of nitrogens with one attached hydrogen (secondary N) is 1. The predicted molar refractivity (Wildman–Crippen MR) is 126 cm³/mol. The van der Waals surface area contributed by atoms with E-state index in [1.165, 1.54) is 6.20 Å². The molecule has 2 heterocycles. The highest BCUT2D eigenvalue weighted by molar-refractivity contribution is 6.33. The molecule has 1 saturated heterocycles. The maximum absolute atomic E-state index is 12.8. The lowest BCUT2D eigenvalue weighted by Crippen LogP contribution is -2.38. The number of morpholine rings is 1. The summed E-state index contributed by atoms with van der Waals surface area (Å²) in [4.78, 5) is 14.9. The summed E-state index contributed by atoms with van der Waals surface area (Å²) in [7, 11) is 1.74. The third-order valence-electron chi connectivity index (χ3n) is 5.63. The molecule has 1 amide bonds. The number of rotatable bonds is 7. The fraction of sp³-hybridized carbons (Fsp3) is 0.333. The molecule has 1 aliphatic rings. The summed E-state index contributed by atoms with van der Waals surface area (Å²) >= 11 is 6.37. The number of amides is 1. The number of carbonyl (C=O) groups excluding carboxylic acids is 1. The number of nitrogens with zero attached hydrogens (tertiary/aromatic N) is 3. The van der Waals surface area contributed by atoms with Crippen LogP contribution in [-0.2, 0) is 18.0 Å². The number of alkyl halides is 3. The quantitative estimate of drug-likeness (QED) is 0.500. The summed E-state index contributed by atoms with van der Waals surface area (Å²) in [5, 5.41) is 7.32. The largest absolute Gasteiger partial charge is 0.492 e. The lowest BCUT2D eigenvalue weighted by atomic mass is 10.1. The van der Waals surface area contributed by atoms with Crippen molar-refractivity contribution in [2.24, 2.45) is 7.05 Å². The zero-order valence-corrected chi connectivity index (χ0v) is 19.7. The van der Waals surface area contributed by atoms with Crippen LogP contribution >= 0.6 is 11.6 Å². The minimum atomic E-state index is -4.47. The Balaban J connectivity index is 1.53. The number of carbonyl (C=O) groups is 1. The topological polar surface area (TPSA) is 68.6 Å². The molecule has 11 heteroatoms. The van der Waals surface area contributed by atoms with E-state index in [0.29, 0.717) is 47.5 Å². The van der Waals surface area contributed by atoms with Gasteiger partial charge < -0.3 is 14.8 Å². The summed E-state index contributed by atoms with van der Waals surface area (Å²) in [6.45, 7) is 4.26. The summed E-state index contributed by atoms with van der Waals surface area (Å²) < 4.78 is 51.4. The summed E-state index contributed by atoms with van der Waals surface area (Å²) in [6.07, 6.45) is -2.95. The van der Waals surface area contributed by atoms with Gasteiger partial charge in [-0.1, -0.05) is 11.6 Å². The van der Waals surface area contributed by atoms with Gasteiger partial charge in [-0.15, -0.1) is 0 Å². The van der Waals surface area contributed by atoms with E-state index in [2.05, 4.69) is 15.3 Å². The molecule has 7 nitrogen and oxygen atoms in total. The van der Waals surface area contributed by atoms with E-state index in [1.54, 1.807) is 29.9 Å². The molecule has 0 spiro atoms. The van der Waals surface area contributed by atoms with Gasteiger partial charge in [-0.2, -0.15) is 18.3 Å². The number of aromatic nitrogens is 2. The molecule has 4 rings (SSSR count). The molecular formula is C24H24ClF3N4O3. The summed E-state index contributed by atoms with van der Waals surface area (Å²) in [5.41, 5.74) is 0.952. The van der Waals surface area contributed by atoms with Gasteiger partial charge in [0.1, 0.15) is 12.4 Å². The van der Waals surface area contributed by atoms with Crippen molar-refractivity contribution in [3.63, 3.8) is 0 Å². The molecule has 0 atom stereocenters. The molecule has 0 unspecified atom stereocenters. The van der Waals surface area contributed by atoms with Crippen molar-refractivity contribution in [1.82, 2.24) is 14.7 Å². The average Bonchev–Trinajstić information content (AvgIpc) is 3.17. The van der Waals surface area contributed by atoms with Crippen molar-refractivity contribution in [2.45, 2.75) is 6.18 Å². The highest BCUT2D eigenvalue weighted by Crippen LogP contribution is 2.37. The first kappa shape index (κ1) is 25.0. The van der Waals surface area contributed by atoms with Gasteiger partial charge >= 0.3 is 6.18 Å². The van der Waals surface area contributed by atoms with Crippen molar-refractivity contribution in [3.8, 4) is 17.0 Å². The van der Waals surface area contributed by atoms with Crippen LogP contribution in [0.25, 0.3) is 11.3 Å². The number of aryl methyl sites for hydroxylation is 1. The maximum atomic E-state index is 12.8. The van der Waals surface area contributed by atoms with Crippen LogP contribution in [0.2, 0.25) is 5.02 Å². The molecular weight excluding hydrogens is 485 g/mol. The highest BCUT2D eigenvalue weighted by atomic mass is 35.5. The van der Waals surface area contributed by atoms with Gasteiger partial charge in [0.15, 0.2) is 0 Å². The summed E-state index contributed by atoms with van der Waals surface area (Å²) in [5.74, 6) is 0.0260. The Hall–Kier alpha value is -3.08. The van der Waals surface area contributed by atoms with Gasteiger partial charge in [-0.25, -0.2) is 0 Å². The first-order valence-electron chi connectivity index (χ1n) is 11.0. The van der Waals surface area contributed by atoms with Gasteiger partial charge in [0.25, 0.3) is 5.91 Å². The van der Waals surface area contributed by atoms with E-state index in [-0.39, 0.29) is 5.56 Å². The monoisotopic (exact) mass is 508 g/mol. The number of benzene rings is 2. The normalized spacial score (nSPS) is 14.7. The molecule has 1 aromatic heterocycles. The molecule has 1 aliphatic heterocycles. The van der Waals surface area contributed by atoms with Crippen LogP contribution in [-0.4, -0.2) is 60.0 Å². The van der Waals surface area contributed by atoms with E-state index in [1.807, 2.05) is 0 Å². The second-order valence-corrected chi connectivity index (χ2v) is 8.41. The fourth-order valence-corrected chi connectivity index (χ4v) is 4.02. The molecule has 0 bridgehead atoms. The molecule has 186 valence electrons. The minimum Gasteiger partial charge on any atom is -0.492 e. The van der Waals surface area contributed by atoms with Gasteiger partial charge in [0.2, 0.25) is 0 Å². The van der Waals surface area contributed by atoms with Crippen molar-refractivity contribution in [2.75, 3.05) is 44.8 Å². The number of ether oxygens (including phenoxy) is 2. The Morgan fingerprint density at radius 2 is 1.89 bits per heavy atom. The van der Waals surface area contributed by atoms with E-state index in [4.69, 9.17) is 21.1 Å². The Morgan fingerprint density at radius 3 is 2.51 bits per heavy atom. The lowest BCUT2D eigenvalue weighted by molar-refractivity contribution is -0.137. The first-order chi connectivity index (χ1) is 16.7. The minimum absolute atomic E-state index is 0.101. The Labute approximate surface area is 205 Å². The molecule has 0 saturated carbocycles. The van der Waals surface area contributed by atoms with E-state index in [0.717, 1.165) is 43.9 Å². The number of halogens is 4. The van der Waals surface area contributed by atoms with Gasteiger partial charge in [-0.3, -0.25) is 14.4 Å². The van der Waals surface area contributed by atoms with Crippen LogP contribution in [0, 0.1) is 0 Å². The van der Waals surface area contributed by atoms with Gasteiger partial charge in [0.05, 0.1) is 35.7 Å². The van der Waals surface area contributed by atoms with Crippen LogP contribution in [0.15, 0.2) is 48.7 Å². The van der Waals surface area contributed by atoms with Crippen LogP contribution in [0.5, 0.6) is 5.75 Å². The maximum Gasteiger partial charge on any atom is 0.416 e. The SMILES string of the molecule is Cn1ncc(Cl)c1-c1cc(NC(=O)c2ccc(C(F)(F)F)cc2)ccc1OCCN1CCOCC1. The van der Waals surface area contributed by atoms with Gasteiger partial charge in [-0.05, 0) is 42.5 Å². The Kier molecular flexibility index (Phi) is 7.63. The van der Waals surface area contributed by atoms with Crippen LogP contribution in [0.4, 0.5) is 18.9 Å². The molecule has 2 aromatic carbocycles. The number of hydrogen-bond acceptors (Lipinski definition) is 5. The third-order valence-corrected chi connectivity index (χ3v) is 5.91. The second kappa shape index (κ2) is 10.7. The molecule has 0 radical (unpaired) electrons. The zero-order chi connectivity index (χ0) is 25.0. The van der Waals surface area contributed by atoms with Crippen molar-refractivity contribution >= 4 is 23.2 Å². The van der Waals surface area contributed by atoms with E-state index >= 15 is 0 Å². The summed E-state index contributed by atoms with van der Waals surface area (Å²) in [6, 6.07) is 9.12. The van der Waals surface area contributed by atoms with E-state index in [9.17, 15) is 18.0 Å². The van der Waals surface area contributed by atoms with Crippen LogP contribution in [0.1, 0.15) is 15.9 Å². The van der Waals surface area contributed by atoms with Crippen molar-refractivity contribution < 1.29 is 27.4 Å². The molecule has 0 aliphatic carbocycles. The zero-order valence-electron chi connectivity index (χ0n) is 18.9. The highest BCUT2D eigenvalue weighted by Gasteiger charge is 2.30. The Morgan fingerprint density at radius 1 is 1.17 bits per heavy atom. The van der Waals surface area contributed by atoms with Crippen molar-refractivity contribution in [3.05, 3.63) is 64.8 Å². The first-order valence-corrected chi connectivity index (χ1v) is 11.3. The van der Waals surface area contributed by atoms with E-state index < -0.39 is 17.6 Å². The van der Waals surface area contributed by atoms with Crippen molar-refractivity contribution in [1.29, 1.82) is 0 Å². The molecule has 1 fully saturated rings. The van der Waals surface area contributed by atoms with Crippen LogP contribution < -0.4 is 10.1 Å². The van der Waals surface area contributed by atoms with Gasteiger partial charge in [0, 0.05) is 43.5 Å². The average molecular weight is 509 g/mol. The number of anilines is 1. The number of hydrogen-bond donors (Lipinski definition) is 1.